The Kier molecular flexibility index (Phi) is 11.1. The number of carbonyl (C=O) groups is 2. The fraction of sp³-hybridized carbons (Fsp3) is 0.750. The van der Waals surface area contributed by atoms with Gasteiger partial charge in [0.05, 0.1) is 13.0 Å². The van der Waals surface area contributed by atoms with Gasteiger partial charge in [0.1, 0.15) is 0 Å². The van der Waals surface area contributed by atoms with E-state index in [4.69, 9.17) is 17.0 Å². The SMILES string of the molecule is CCCCCC(=O)NC(=S)NNC(=O)CCOCC. The van der Waals surface area contributed by atoms with Gasteiger partial charge in [-0.1, -0.05) is 19.8 Å². The van der Waals surface area contributed by atoms with Crippen molar-refractivity contribution in [3.8, 4) is 0 Å². The Morgan fingerprint density at radius 3 is 2.42 bits per heavy atom. The molecule has 0 rings (SSSR count). The van der Waals surface area contributed by atoms with Crippen molar-refractivity contribution in [2.75, 3.05) is 13.2 Å². The van der Waals surface area contributed by atoms with Crippen LogP contribution in [0.25, 0.3) is 0 Å². The summed E-state index contributed by atoms with van der Waals surface area (Å²) in [6, 6.07) is 0. The van der Waals surface area contributed by atoms with Gasteiger partial charge in [-0.15, -0.1) is 0 Å². The second-order valence-corrected chi connectivity index (χ2v) is 4.36. The van der Waals surface area contributed by atoms with E-state index in [1.54, 1.807) is 0 Å². The molecule has 3 N–H and O–H groups in total. The molecule has 0 aromatic carbocycles. The maximum atomic E-state index is 11.4. The molecule has 2 amide bonds. The highest BCUT2D eigenvalue weighted by molar-refractivity contribution is 7.80. The Labute approximate surface area is 119 Å². The predicted molar refractivity (Wildman–Crippen MR) is 77.3 cm³/mol. The Morgan fingerprint density at radius 2 is 1.79 bits per heavy atom. The van der Waals surface area contributed by atoms with Crippen molar-refractivity contribution in [3.05, 3.63) is 0 Å². The topological polar surface area (TPSA) is 79.5 Å². The highest BCUT2D eigenvalue weighted by Crippen LogP contribution is 1.97. The van der Waals surface area contributed by atoms with Gasteiger partial charge in [-0.25, -0.2) is 0 Å². The smallest absolute Gasteiger partial charge is 0.240 e. The Bertz CT molecular complexity index is 298. The van der Waals surface area contributed by atoms with Gasteiger partial charge in [0, 0.05) is 13.0 Å². The molecule has 0 saturated carbocycles. The van der Waals surface area contributed by atoms with Gasteiger partial charge in [-0.2, -0.15) is 0 Å². The second-order valence-electron chi connectivity index (χ2n) is 3.95. The third kappa shape index (κ3) is 11.6. The van der Waals surface area contributed by atoms with Gasteiger partial charge in [0.15, 0.2) is 5.11 Å². The molecular weight excluding hydrogens is 266 g/mol. The number of nitrogens with one attached hydrogen (secondary N) is 3. The molecule has 7 heteroatoms. The van der Waals surface area contributed by atoms with Crippen molar-refractivity contribution in [3.63, 3.8) is 0 Å². The number of hydrazine groups is 1. The zero-order valence-electron chi connectivity index (χ0n) is 11.6. The zero-order chi connectivity index (χ0) is 14.5. The van der Waals surface area contributed by atoms with Crippen LogP contribution in [0.4, 0.5) is 0 Å². The lowest BCUT2D eigenvalue weighted by atomic mass is 10.2. The van der Waals surface area contributed by atoms with Gasteiger partial charge in [-0.3, -0.25) is 20.4 Å². The van der Waals surface area contributed by atoms with Crippen molar-refractivity contribution in [1.29, 1.82) is 0 Å². The lowest BCUT2D eigenvalue weighted by Gasteiger charge is -2.10. The summed E-state index contributed by atoms with van der Waals surface area (Å²) in [6.45, 7) is 4.87. The van der Waals surface area contributed by atoms with Gasteiger partial charge in [0.2, 0.25) is 11.8 Å². The van der Waals surface area contributed by atoms with Crippen LogP contribution >= 0.6 is 12.2 Å². The van der Waals surface area contributed by atoms with E-state index in [0.29, 0.717) is 19.6 Å². The quantitative estimate of drug-likeness (QED) is 0.353. The van der Waals surface area contributed by atoms with Crippen molar-refractivity contribution in [2.24, 2.45) is 0 Å². The predicted octanol–water partition coefficient (Wildman–Crippen LogP) is 1.02. The third-order valence-corrected chi connectivity index (χ3v) is 2.46. The number of thiocarbonyl (C=S) groups is 1. The molecule has 110 valence electrons. The molecule has 0 saturated heterocycles. The molecule has 0 unspecified atom stereocenters. The van der Waals surface area contributed by atoms with Crippen LogP contribution in [0.2, 0.25) is 0 Å². The molecule has 0 aliphatic heterocycles. The average Bonchev–Trinajstić information content (AvgIpc) is 2.37. The Balaban J connectivity index is 3.62. The maximum absolute atomic E-state index is 11.4. The molecule has 0 aromatic heterocycles. The van der Waals surface area contributed by atoms with E-state index in [2.05, 4.69) is 23.1 Å². The first-order valence-electron chi connectivity index (χ1n) is 6.56. The summed E-state index contributed by atoms with van der Waals surface area (Å²) in [5.41, 5.74) is 4.86. The first-order chi connectivity index (χ1) is 9.10. The first-order valence-corrected chi connectivity index (χ1v) is 6.97. The second kappa shape index (κ2) is 11.9. The van der Waals surface area contributed by atoms with Crippen LogP contribution in [0.15, 0.2) is 0 Å². The Morgan fingerprint density at radius 1 is 1.05 bits per heavy atom. The van der Waals surface area contributed by atoms with Crippen molar-refractivity contribution in [2.45, 2.75) is 46.0 Å². The third-order valence-electron chi connectivity index (χ3n) is 2.25. The molecule has 0 fully saturated rings. The van der Waals surface area contributed by atoms with Crippen LogP contribution in [-0.4, -0.2) is 30.1 Å². The zero-order valence-corrected chi connectivity index (χ0v) is 12.4. The molecule has 0 spiro atoms. The van der Waals surface area contributed by atoms with Gasteiger partial charge in [0.25, 0.3) is 0 Å². The summed E-state index contributed by atoms with van der Waals surface area (Å²) in [6.07, 6.45) is 3.60. The highest BCUT2D eigenvalue weighted by atomic mass is 32.1. The number of ether oxygens (including phenoxy) is 1. The summed E-state index contributed by atoms with van der Waals surface area (Å²) < 4.78 is 5.04. The largest absolute Gasteiger partial charge is 0.381 e. The van der Waals surface area contributed by atoms with E-state index in [1.165, 1.54) is 0 Å². The number of amides is 2. The van der Waals surface area contributed by atoms with Crippen LogP contribution in [-0.2, 0) is 14.3 Å². The van der Waals surface area contributed by atoms with Gasteiger partial charge >= 0.3 is 0 Å². The van der Waals surface area contributed by atoms with Crippen LogP contribution in [0, 0.1) is 0 Å². The molecule has 6 nitrogen and oxygen atoms in total. The minimum Gasteiger partial charge on any atom is -0.381 e. The van der Waals surface area contributed by atoms with Crippen LogP contribution in [0.5, 0.6) is 0 Å². The molecule has 0 aromatic rings. The minimum atomic E-state index is -0.240. The monoisotopic (exact) mass is 289 g/mol. The summed E-state index contributed by atoms with van der Waals surface area (Å²) in [5, 5.41) is 2.60. The average molecular weight is 289 g/mol. The number of hydrogen-bond acceptors (Lipinski definition) is 4. The molecule has 0 heterocycles. The van der Waals surface area contributed by atoms with Crippen LogP contribution in [0.1, 0.15) is 46.0 Å². The Hall–Kier alpha value is -1.21. The van der Waals surface area contributed by atoms with Crippen LogP contribution < -0.4 is 16.2 Å². The standard InChI is InChI=1S/C12H23N3O3S/c1-3-5-6-7-10(16)13-12(19)15-14-11(17)8-9-18-4-2/h3-9H2,1-2H3,(H,14,17)(H2,13,15,16,19). The minimum absolute atomic E-state index is 0.103. The summed E-state index contributed by atoms with van der Waals surface area (Å²) in [5.74, 6) is -0.384. The normalized spacial score (nSPS) is 9.79. The van der Waals surface area contributed by atoms with Crippen molar-refractivity contribution >= 4 is 29.1 Å². The molecule has 0 atom stereocenters. The van der Waals surface area contributed by atoms with Crippen LogP contribution in [0.3, 0.4) is 0 Å². The summed E-state index contributed by atoms with van der Waals surface area (Å²) in [7, 11) is 0. The molecule has 0 aliphatic rings. The van der Waals surface area contributed by atoms with E-state index in [-0.39, 0.29) is 23.3 Å². The lowest BCUT2D eigenvalue weighted by Crippen LogP contribution is -2.48. The van der Waals surface area contributed by atoms with E-state index in [1.807, 2.05) is 6.92 Å². The lowest BCUT2D eigenvalue weighted by molar-refractivity contribution is -0.123. The van der Waals surface area contributed by atoms with E-state index >= 15 is 0 Å². The number of unbranched alkanes of at least 4 members (excludes halogenated alkanes) is 2. The molecule has 0 bridgehead atoms. The molecule has 0 radical (unpaired) electrons. The number of rotatable bonds is 8. The number of hydrogen-bond donors (Lipinski definition) is 3. The first kappa shape index (κ1) is 17.8. The highest BCUT2D eigenvalue weighted by Gasteiger charge is 2.05. The van der Waals surface area contributed by atoms with E-state index in [0.717, 1.165) is 19.3 Å². The summed E-state index contributed by atoms with van der Waals surface area (Å²) >= 11 is 4.87. The van der Waals surface area contributed by atoms with E-state index < -0.39 is 0 Å². The molecule has 0 aliphatic carbocycles. The molecule has 19 heavy (non-hydrogen) atoms. The van der Waals surface area contributed by atoms with E-state index in [9.17, 15) is 9.59 Å². The fourth-order valence-electron chi connectivity index (χ4n) is 1.25. The van der Waals surface area contributed by atoms with Crippen molar-refractivity contribution < 1.29 is 14.3 Å². The van der Waals surface area contributed by atoms with Gasteiger partial charge < -0.3 is 10.1 Å². The van der Waals surface area contributed by atoms with Gasteiger partial charge in [-0.05, 0) is 25.6 Å². The maximum Gasteiger partial charge on any atom is 0.240 e. The molecular formula is C12H23N3O3S. The van der Waals surface area contributed by atoms with Crippen molar-refractivity contribution in [1.82, 2.24) is 16.2 Å². The fourth-order valence-corrected chi connectivity index (χ4v) is 1.42. The number of carbonyl (C=O) groups excluding carboxylic acids is 2. The summed E-state index contributed by atoms with van der Waals surface area (Å²) in [4.78, 5) is 22.7.